The van der Waals surface area contributed by atoms with E-state index in [9.17, 15) is 18.4 Å². The summed E-state index contributed by atoms with van der Waals surface area (Å²) in [5.74, 6) is -2.02. The van der Waals surface area contributed by atoms with Crippen molar-refractivity contribution in [1.82, 2.24) is 10.2 Å². The summed E-state index contributed by atoms with van der Waals surface area (Å²) in [4.78, 5) is 26.5. The molecule has 2 amide bonds. The summed E-state index contributed by atoms with van der Waals surface area (Å²) in [5.41, 5.74) is -0.182. The first-order valence-corrected chi connectivity index (χ1v) is 9.10. The lowest BCUT2D eigenvalue weighted by Gasteiger charge is -2.29. The molecule has 0 spiro atoms. The third kappa shape index (κ3) is 4.55. The molecule has 0 bridgehead atoms. The minimum absolute atomic E-state index is 0.164. The molecule has 0 saturated heterocycles. The van der Waals surface area contributed by atoms with Gasteiger partial charge in [-0.15, -0.1) is 0 Å². The summed E-state index contributed by atoms with van der Waals surface area (Å²) in [6.07, 6.45) is 7.70. The van der Waals surface area contributed by atoms with Crippen molar-refractivity contribution in [3.05, 3.63) is 35.4 Å². The Labute approximate surface area is 146 Å². The normalized spacial score (nSPS) is 17.5. The monoisotopic (exact) mass is 350 g/mol. The average molecular weight is 350 g/mol. The molecule has 2 aliphatic carbocycles. The average Bonchev–Trinajstić information content (AvgIpc) is 3.25. The molecule has 2 fully saturated rings. The van der Waals surface area contributed by atoms with Gasteiger partial charge in [0, 0.05) is 31.1 Å². The number of rotatable bonds is 7. The molecule has 136 valence electrons. The van der Waals surface area contributed by atoms with E-state index in [0.29, 0.717) is 37.5 Å². The molecule has 1 aromatic carbocycles. The van der Waals surface area contributed by atoms with Crippen molar-refractivity contribution in [3.63, 3.8) is 0 Å². The lowest BCUT2D eigenvalue weighted by Crippen LogP contribution is -2.40. The van der Waals surface area contributed by atoms with Crippen LogP contribution < -0.4 is 5.32 Å². The van der Waals surface area contributed by atoms with Crippen LogP contribution in [0.4, 0.5) is 8.78 Å². The first kappa shape index (κ1) is 17.8. The van der Waals surface area contributed by atoms with Crippen LogP contribution in [0.3, 0.4) is 0 Å². The van der Waals surface area contributed by atoms with E-state index in [1.54, 1.807) is 0 Å². The molecule has 6 heteroatoms. The summed E-state index contributed by atoms with van der Waals surface area (Å²) in [7, 11) is 0. The fourth-order valence-corrected chi connectivity index (χ4v) is 3.58. The van der Waals surface area contributed by atoms with Gasteiger partial charge in [-0.05, 0) is 44.2 Å². The number of nitrogens with zero attached hydrogens (tertiary/aromatic N) is 1. The Balaban J connectivity index is 1.44. The van der Waals surface area contributed by atoms with Crippen molar-refractivity contribution < 1.29 is 18.4 Å². The van der Waals surface area contributed by atoms with Crippen LogP contribution in [0.25, 0.3) is 0 Å². The van der Waals surface area contributed by atoms with Crippen LogP contribution in [0, 0.1) is 11.6 Å². The molecule has 1 N–H and O–H groups in total. The lowest BCUT2D eigenvalue weighted by atomic mass is 10.1. The highest BCUT2D eigenvalue weighted by Gasteiger charge is 2.37. The zero-order valence-corrected chi connectivity index (χ0v) is 14.3. The van der Waals surface area contributed by atoms with Gasteiger partial charge in [0.1, 0.15) is 11.6 Å². The van der Waals surface area contributed by atoms with Gasteiger partial charge in [0.2, 0.25) is 5.91 Å². The van der Waals surface area contributed by atoms with Crippen LogP contribution >= 0.6 is 0 Å². The second-order valence-electron chi connectivity index (χ2n) is 6.95. The lowest BCUT2D eigenvalue weighted by molar-refractivity contribution is -0.134. The predicted octanol–water partition coefficient (Wildman–Crippen LogP) is 3.41. The zero-order valence-electron chi connectivity index (χ0n) is 14.3. The third-order valence-corrected chi connectivity index (χ3v) is 4.98. The molecular formula is C19H24F2N2O2. The van der Waals surface area contributed by atoms with Crippen LogP contribution in [0.5, 0.6) is 0 Å². The fourth-order valence-electron chi connectivity index (χ4n) is 3.58. The number of carbonyl (C=O) groups is 2. The largest absolute Gasteiger partial charge is 0.352 e. The highest BCUT2D eigenvalue weighted by Crippen LogP contribution is 2.34. The van der Waals surface area contributed by atoms with E-state index < -0.39 is 17.5 Å². The first-order valence-electron chi connectivity index (χ1n) is 9.10. The molecule has 2 aliphatic rings. The number of benzene rings is 1. The molecule has 1 aromatic rings. The van der Waals surface area contributed by atoms with Gasteiger partial charge in [-0.1, -0.05) is 12.8 Å². The molecule has 0 aliphatic heterocycles. The predicted molar refractivity (Wildman–Crippen MR) is 90.0 cm³/mol. The van der Waals surface area contributed by atoms with Crippen molar-refractivity contribution in [2.45, 2.75) is 63.5 Å². The topological polar surface area (TPSA) is 49.4 Å². The van der Waals surface area contributed by atoms with E-state index in [1.807, 2.05) is 0 Å². The Hall–Kier alpha value is -1.98. The molecule has 3 rings (SSSR count). The van der Waals surface area contributed by atoms with E-state index in [4.69, 9.17) is 0 Å². The second kappa shape index (κ2) is 7.93. The number of nitrogens with one attached hydrogen (secondary N) is 1. The number of carbonyl (C=O) groups excluding carboxylic acids is 2. The molecule has 0 radical (unpaired) electrons. The summed E-state index contributed by atoms with van der Waals surface area (Å²) < 4.78 is 26.4. The quantitative estimate of drug-likeness (QED) is 0.766. The van der Waals surface area contributed by atoms with Crippen molar-refractivity contribution in [3.8, 4) is 0 Å². The number of hydrogen-bond donors (Lipinski definition) is 1. The Kier molecular flexibility index (Phi) is 5.66. The highest BCUT2D eigenvalue weighted by atomic mass is 19.1. The smallest absolute Gasteiger partial charge is 0.254 e. The SMILES string of the molecule is O=C(NCCCC(=O)N(C1CCCC1)C1CC1)c1ccc(F)cc1F. The molecule has 0 unspecified atom stereocenters. The maximum atomic E-state index is 13.6. The van der Waals surface area contributed by atoms with E-state index >= 15 is 0 Å². The van der Waals surface area contributed by atoms with Crippen LogP contribution in [-0.2, 0) is 4.79 Å². The summed E-state index contributed by atoms with van der Waals surface area (Å²) in [6, 6.07) is 3.67. The van der Waals surface area contributed by atoms with Crippen molar-refractivity contribution >= 4 is 11.8 Å². The molecule has 25 heavy (non-hydrogen) atoms. The highest BCUT2D eigenvalue weighted by molar-refractivity contribution is 5.94. The minimum Gasteiger partial charge on any atom is -0.352 e. The van der Waals surface area contributed by atoms with Gasteiger partial charge in [-0.3, -0.25) is 9.59 Å². The molecule has 4 nitrogen and oxygen atoms in total. The molecule has 0 aromatic heterocycles. The van der Waals surface area contributed by atoms with Gasteiger partial charge in [0.15, 0.2) is 0 Å². The van der Waals surface area contributed by atoms with E-state index in [2.05, 4.69) is 10.2 Å². The van der Waals surface area contributed by atoms with Gasteiger partial charge in [-0.25, -0.2) is 8.78 Å². The molecular weight excluding hydrogens is 326 g/mol. The van der Waals surface area contributed by atoms with Gasteiger partial charge in [0.25, 0.3) is 5.91 Å². The molecule has 0 heterocycles. The Morgan fingerprint density at radius 1 is 1.08 bits per heavy atom. The van der Waals surface area contributed by atoms with E-state index in [0.717, 1.165) is 37.8 Å². The van der Waals surface area contributed by atoms with Crippen LogP contribution in [-0.4, -0.2) is 35.3 Å². The van der Waals surface area contributed by atoms with Crippen molar-refractivity contribution in [2.75, 3.05) is 6.54 Å². The van der Waals surface area contributed by atoms with Gasteiger partial charge in [0.05, 0.1) is 5.56 Å². The van der Waals surface area contributed by atoms with Crippen molar-refractivity contribution in [1.29, 1.82) is 0 Å². The van der Waals surface area contributed by atoms with Crippen molar-refractivity contribution in [2.24, 2.45) is 0 Å². The van der Waals surface area contributed by atoms with E-state index in [-0.39, 0.29) is 11.5 Å². The number of hydrogen-bond acceptors (Lipinski definition) is 2. The number of halogens is 2. The second-order valence-corrected chi connectivity index (χ2v) is 6.95. The Bertz CT molecular complexity index is 640. The summed E-state index contributed by atoms with van der Waals surface area (Å²) >= 11 is 0. The minimum atomic E-state index is -0.880. The van der Waals surface area contributed by atoms with Gasteiger partial charge >= 0.3 is 0 Å². The maximum Gasteiger partial charge on any atom is 0.254 e. The zero-order chi connectivity index (χ0) is 17.8. The Morgan fingerprint density at radius 2 is 1.76 bits per heavy atom. The Morgan fingerprint density at radius 3 is 2.40 bits per heavy atom. The van der Waals surface area contributed by atoms with Crippen LogP contribution in [0.1, 0.15) is 61.7 Å². The van der Waals surface area contributed by atoms with Gasteiger partial charge in [-0.2, -0.15) is 0 Å². The van der Waals surface area contributed by atoms with E-state index in [1.165, 1.54) is 12.8 Å². The first-order chi connectivity index (χ1) is 12.1. The standard InChI is InChI=1S/C19H24F2N2O2/c20-13-7-10-16(17(21)12-13)19(25)22-11-3-6-18(24)23(15-8-9-15)14-4-1-2-5-14/h7,10,12,14-15H,1-6,8-9,11H2,(H,22,25). The van der Waals surface area contributed by atoms with Crippen LogP contribution in [0.2, 0.25) is 0 Å². The molecule has 2 saturated carbocycles. The fraction of sp³-hybridized carbons (Fsp3) is 0.579. The third-order valence-electron chi connectivity index (χ3n) is 4.98. The maximum absolute atomic E-state index is 13.6. The van der Waals surface area contributed by atoms with Crippen LogP contribution in [0.15, 0.2) is 18.2 Å². The molecule has 0 atom stereocenters. The van der Waals surface area contributed by atoms with Gasteiger partial charge < -0.3 is 10.2 Å². The number of amides is 2. The summed E-state index contributed by atoms with van der Waals surface area (Å²) in [6.45, 7) is 0.296. The summed E-state index contributed by atoms with van der Waals surface area (Å²) in [5, 5.41) is 2.60.